The van der Waals surface area contributed by atoms with Gasteiger partial charge in [0.25, 0.3) is 0 Å². The molecule has 5 nitrogen and oxygen atoms in total. The van der Waals surface area contributed by atoms with Crippen molar-refractivity contribution in [2.45, 2.75) is 55.5 Å². The quantitative estimate of drug-likeness (QED) is 0.326. The molecule has 0 unspecified atom stereocenters. The van der Waals surface area contributed by atoms with Crippen LogP contribution in [0.2, 0.25) is 0 Å². The Kier molecular flexibility index (Phi) is 5.10. The van der Waals surface area contributed by atoms with Crippen LogP contribution in [-0.2, 0) is 24.1 Å². The summed E-state index contributed by atoms with van der Waals surface area (Å²) in [6.07, 6.45) is 2.47. The zero-order valence-electron chi connectivity index (χ0n) is 19.7. The van der Waals surface area contributed by atoms with E-state index in [1.165, 1.54) is 24.3 Å². The summed E-state index contributed by atoms with van der Waals surface area (Å²) < 4.78 is 56.1. The molecule has 3 fully saturated rings. The Hall–Kier alpha value is -3.49. The Balaban J connectivity index is 1.27. The molecule has 3 saturated carbocycles. The van der Waals surface area contributed by atoms with Gasteiger partial charge in [0, 0.05) is 29.0 Å². The lowest BCUT2D eigenvalue weighted by molar-refractivity contribution is -0.137. The van der Waals surface area contributed by atoms with Gasteiger partial charge in [0.1, 0.15) is 17.5 Å². The second-order valence-corrected chi connectivity index (χ2v) is 10.1. The maximum absolute atomic E-state index is 13.6. The molecule has 9 heteroatoms. The van der Waals surface area contributed by atoms with Crippen LogP contribution in [0.15, 0.2) is 54.7 Å². The van der Waals surface area contributed by atoms with Crippen LogP contribution >= 0.6 is 0 Å². The third-order valence-electron chi connectivity index (χ3n) is 8.31. The van der Waals surface area contributed by atoms with Crippen LogP contribution in [0, 0.1) is 5.82 Å². The van der Waals surface area contributed by atoms with Crippen molar-refractivity contribution in [2.24, 2.45) is 7.05 Å². The minimum absolute atomic E-state index is 0.107. The van der Waals surface area contributed by atoms with Crippen LogP contribution in [0.5, 0.6) is 0 Å². The molecule has 0 radical (unpaired) electrons. The number of aromatic nitrogens is 5. The first kappa shape index (κ1) is 22.9. The number of nitrogens with one attached hydrogen (secondary N) is 1. The van der Waals surface area contributed by atoms with E-state index in [-0.39, 0.29) is 22.2 Å². The molecule has 2 bridgehead atoms. The summed E-state index contributed by atoms with van der Waals surface area (Å²) >= 11 is 0. The highest BCUT2D eigenvalue weighted by atomic mass is 19.4. The van der Waals surface area contributed by atoms with E-state index in [0.717, 1.165) is 61.8 Å². The van der Waals surface area contributed by atoms with E-state index >= 15 is 0 Å². The van der Waals surface area contributed by atoms with E-state index < -0.39 is 11.7 Å². The van der Waals surface area contributed by atoms with Crippen molar-refractivity contribution in [2.75, 3.05) is 0 Å². The van der Waals surface area contributed by atoms with Gasteiger partial charge in [-0.15, -0.1) is 0 Å². The molecule has 0 aliphatic heterocycles. The lowest BCUT2D eigenvalue weighted by Gasteiger charge is -2.52. The molecule has 3 aliphatic carbocycles. The van der Waals surface area contributed by atoms with Crippen molar-refractivity contribution in [3.8, 4) is 22.6 Å². The standard InChI is InChI=1S/C27H25F4N5/c1-36-21(19-4-2-3-5-20(19)27(29,30)31)16-32-24(36)26-13-10-25(11-14-26,12-15-26)23-33-22(34-35-23)17-6-8-18(28)9-7-17/h2-9,16H,10-15H2,1H3,(H,33,34,35). The fourth-order valence-corrected chi connectivity index (χ4v) is 6.21. The summed E-state index contributed by atoms with van der Waals surface area (Å²) in [5.41, 5.74) is 0.472. The number of alkyl halides is 3. The molecule has 7 rings (SSSR count). The van der Waals surface area contributed by atoms with Crippen LogP contribution < -0.4 is 0 Å². The summed E-state index contributed by atoms with van der Waals surface area (Å²) in [5.74, 6) is 1.96. The lowest BCUT2D eigenvalue weighted by Crippen LogP contribution is -2.48. The monoisotopic (exact) mass is 495 g/mol. The fraction of sp³-hybridized carbons (Fsp3) is 0.370. The minimum Gasteiger partial charge on any atom is -0.331 e. The second-order valence-electron chi connectivity index (χ2n) is 10.1. The fourth-order valence-electron chi connectivity index (χ4n) is 6.21. The second kappa shape index (κ2) is 8.01. The maximum Gasteiger partial charge on any atom is 0.417 e. The van der Waals surface area contributed by atoms with Gasteiger partial charge in [0.2, 0.25) is 0 Å². The smallest absolute Gasteiger partial charge is 0.331 e. The number of imidazole rings is 1. The molecule has 2 aromatic heterocycles. The van der Waals surface area contributed by atoms with Gasteiger partial charge in [-0.05, 0) is 68.9 Å². The summed E-state index contributed by atoms with van der Waals surface area (Å²) in [6.45, 7) is 0. The van der Waals surface area contributed by atoms with Gasteiger partial charge < -0.3 is 4.57 Å². The van der Waals surface area contributed by atoms with Crippen molar-refractivity contribution in [3.63, 3.8) is 0 Å². The Labute approximate surface area is 205 Å². The summed E-state index contributed by atoms with van der Waals surface area (Å²) in [6, 6.07) is 11.8. The normalized spacial score (nSPS) is 23.8. The number of hydrogen-bond acceptors (Lipinski definition) is 3. The van der Waals surface area contributed by atoms with Gasteiger partial charge in [0.15, 0.2) is 5.82 Å². The number of rotatable bonds is 4. The SMILES string of the molecule is Cn1c(-c2ccccc2C(F)(F)F)cnc1C12CCC(c3nc(-c4ccc(F)cc4)n[nH]3)(CC1)CC2. The van der Waals surface area contributed by atoms with Gasteiger partial charge in [-0.3, -0.25) is 5.10 Å². The molecule has 2 heterocycles. The van der Waals surface area contributed by atoms with Gasteiger partial charge in [0.05, 0.1) is 17.5 Å². The Bertz CT molecular complexity index is 1390. The molecule has 186 valence electrons. The van der Waals surface area contributed by atoms with Crippen molar-refractivity contribution < 1.29 is 17.6 Å². The van der Waals surface area contributed by atoms with Gasteiger partial charge >= 0.3 is 6.18 Å². The van der Waals surface area contributed by atoms with E-state index in [1.54, 1.807) is 24.4 Å². The van der Waals surface area contributed by atoms with Crippen molar-refractivity contribution in [1.82, 2.24) is 24.7 Å². The van der Waals surface area contributed by atoms with Crippen molar-refractivity contribution >= 4 is 0 Å². The van der Waals surface area contributed by atoms with E-state index in [9.17, 15) is 17.6 Å². The molecular weight excluding hydrogens is 470 g/mol. The molecule has 0 spiro atoms. The van der Waals surface area contributed by atoms with Crippen LogP contribution in [0.4, 0.5) is 17.6 Å². The van der Waals surface area contributed by atoms with Gasteiger partial charge in [-0.1, -0.05) is 18.2 Å². The highest BCUT2D eigenvalue weighted by molar-refractivity contribution is 5.65. The predicted octanol–water partition coefficient (Wildman–Crippen LogP) is 6.57. The largest absolute Gasteiger partial charge is 0.417 e. The number of halogens is 4. The number of hydrogen-bond donors (Lipinski definition) is 1. The van der Waals surface area contributed by atoms with E-state index in [0.29, 0.717) is 11.5 Å². The molecular formula is C27H25F4N5. The Morgan fingerprint density at radius 2 is 1.53 bits per heavy atom. The number of H-pyrrole nitrogens is 1. The highest BCUT2D eigenvalue weighted by Crippen LogP contribution is 2.58. The maximum atomic E-state index is 13.6. The van der Waals surface area contributed by atoms with Crippen LogP contribution in [-0.4, -0.2) is 24.7 Å². The first-order valence-electron chi connectivity index (χ1n) is 12.1. The predicted molar refractivity (Wildman–Crippen MR) is 126 cm³/mol. The topological polar surface area (TPSA) is 59.4 Å². The van der Waals surface area contributed by atoms with Crippen molar-refractivity contribution in [3.05, 3.63) is 77.8 Å². The molecule has 0 saturated heterocycles. The molecule has 4 aromatic rings. The molecule has 0 amide bonds. The van der Waals surface area contributed by atoms with E-state index in [1.807, 2.05) is 11.6 Å². The average Bonchev–Trinajstić information content (AvgIpc) is 3.53. The average molecular weight is 496 g/mol. The van der Waals surface area contributed by atoms with Gasteiger partial charge in [-0.2, -0.15) is 18.3 Å². The van der Waals surface area contributed by atoms with Crippen LogP contribution in [0.3, 0.4) is 0 Å². The third kappa shape index (κ3) is 3.55. The van der Waals surface area contributed by atoms with Gasteiger partial charge in [-0.25, -0.2) is 14.4 Å². The Morgan fingerprint density at radius 3 is 2.19 bits per heavy atom. The Morgan fingerprint density at radius 1 is 0.889 bits per heavy atom. The van der Waals surface area contributed by atoms with Crippen LogP contribution in [0.1, 0.15) is 55.7 Å². The molecule has 3 aliphatic rings. The number of aromatic amines is 1. The summed E-state index contributed by atoms with van der Waals surface area (Å²) in [7, 11) is 1.82. The van der Waals surface area contributed by atoms with E-state index in [4.69, 9.17) is 4.98 Å². The lowest BCUT2D eigenvalue weighted by atomic mass is 9.53. The number of benzene rings is 2. The van der Waals surface area contributed by atoms with E-state index in [2.05, 4.69) is 15.2 Å². The molecule has 2 aromatic carbocycles. The van der Waals surface area contributed by atoms with Crippen molar-refractivity contribution in [1.29, 1.82) is 0 Å². The first-order chi connectivity index (χ1) is 17.2. The van der Waals surface area contributed by atoms with Crippen LogP contribution in [0.25, 0.3) is 22.6 Å². The zero-order chi connectivity index (χ0) is 25.1. The molecule has 36 heavy (non-hydrogen) atoms. The minimum atomic E-state index is -4.43. The zero-order valence-corrected chi connectivity index (χ0v) is 19.7. The third-order valence-corrected chi connectivity index (χ3v) is 8.31. The summed E-state index contributed by atoms with van der Waals surface area (Å²) in [5, 5.41) is 7.52. The first-order valence-corrected chi connectivity index (χ1v) is 12.1. The summed E-state index contributed by atoms with van der Waals surface area (Å²) in [4.78, 5) is 9.46. The number of nitrogens with zero attached hydrogens (tertiary/aromatic N) is 4. The number of fused-ring (bicyclic) bond motifs is 3. The molecule has 1 N–H and O–H groups in total. The highest BCUT2D eigenvalue weighted by Gasteiger charge is 2.53. The molecule has 0 atom stereocenters.